The minimum absolute atomic E-state index is 0.131. The van der Waals surface area contributed by atoms with Gasteiger partial charge in [-0.1, -0.05) is 30.3 Å². The lowest BCUT2D eigenvalue weighted by Crippen LogP contribution is -2.16. The lowest BCUT2D eigenvalue weighted by atomic mass is 9.98. The maximum atomic E-state index is 13.3. The van der Waals surface area contributed by atoms with Gasteiger partial charge < -0.3 is 18.6 Å². The van der Waals surface area contributed by atoms with Crippen LogP contribution >= 0.6 is 0 Å². The van der Waals surface area contributed by atoms with Crippen molar-refractivity contribution in [3.05, 3.63) is 104 Å². The van der Waals surface area contributed by atoms with E-state index in [9.17, 15) is 14.4 Å². The number of esters is 1. The van der Waals surface area contributed by atoms with Crippen LogP contribution in [0, 0.1) is 13.8 Å². The number of carbonyl (C=O) groups is 2. The molecule has 0 saturated carbocycles. The molecule has 0 N–H and O–H groups in total. The van der Waals surface area contributed by atoms with Crippen LogP contribution in [-0.4, -0.2) is 25.0 Å². The maximum absolute atomic E-state index is 13.3. The summed E-state index contributed by atoms with van der Waals surface area (Å²) < 4.78 is 22.0. The molecular weight excluding hydrogens is 448 g/mol. The van der Waals surface area contributed by atoms with Gasteiger partial charge in [-0.05, 0) is 49.2 Å². The van der Waals surface area contributed by atoms with Crippen molar-refractivity contribution in [1.82, 2.24) is 0 Å². The molecule has 0 saturated heterocycles. The first-order valence-electron chi connectivity index (χ1n) is 11.2. The number of rotatable bonds is 5. The van der Waals surface area contributed by atoms with Gasteiger partial charge in [0.1, 0.15) is 25.4 Å². The minimum Gasteiger partial charge on any atom is -0.486 e. The molecule has 1 aliphatic heterocycles. The van der Waals surface area contributed by atoms with Crippen LogP contribution in [0.4, 0.5) is 0 Å². The molecule has 5 rings (SSSR count). The van der Waals surface area contributed by atoms with Gasteiger partial charge in [0.05, 0.1) is 5.56 Å². The Morgan fingerprint density at radius 3 is 2.43 bits per heavy atom. The van der Waals surface area contributed by atoms with E-state index in [1.54, 1.807) is 42.5 Å². The predicted octanol–water partition coefficient (Wildman–Crippen LogP) is 4.77. The zero-order valence-electron chi connectivity index (χ0n) is 19.3. The van der Waals surface area contributed by atoms with Gasteiger partial charge in [0.15, 0.2) is 17.3 Å². The highest BCUT2D eigenvalue weighted by Gasteiger charge is 2.22. The van der Waals surface area contributed by atoms with Crippen molar-refractivity contribution in [2.75, 3.05) is 13.2 Å². The van der Waals surface area contributed by atoms with E-state index in [1.807, 2.05) is 26.0 Å². The molecule has 0 unspecified atom stereocenters. The van der Waals surface area contributed by atoms with E-state index < -0.39 is 11.6 Å². The van der Waals surface area contributed by atoms with Crippen LogP contribution in [-0.2, 0) is 11.3 Å². The smallest absolute Gasteiger partial charge is 0.339 e. The highest BCUT2D eigenvalue weighted by Crippen LogP contribution is 2.32. The largest absolute Gasteiger partial charge is 0.486 e. The third-order valence-corrected chi connectivity index (χ3v) is 6.07. The van der Waals surface area contributed by atoms with Crippen LogP contribution in [0.2, 0.25) is 0 Å². The Morgan fingerprint density at radius 2 is 1.63 bits per heavy atom. The van der Waals surface area contributed by atoms with Gasteiger partial charge >= 0.3 is 11.6 Å². The molecule has 0 spiro atoms. The number of hydrogen-bond acceptors (Lipinski definition) is 7. The Bertz CT molecular complexity index is 1530. The van der Waals surface area contributed by atoms with Crippen LogP contribution in [0.15, 0.2) is 69.9 Å². The average molecular weight is 470 g/mol. The fraction of sp³-hybridized carbons (Fsp3) is 0.179. The van der Waals surface area contributed by atoms with Crippen LogP contribution in [0.5, 0.6) is 11.5 Å². The van der Waals surface area contributed by atoms with Crippen molar-refractivity contribution in [3.63, 3.8) is 0 Å². The summed E-state index contributed by atoms with van der Waals surface area (Å²) in [6.07, 6.45) is 0. The lowest BCUT2D eigenvalue weighted by molar-refractivity contribution is 0.0471. The number of carbonyl (C=O) groups excluding carboxylic acids is 2. The van der Waals surface area contributed by atoms with E-state index in [2.05, 4.69) is 0 Å². The molecule has 2 heterocycles. The van der Waals surface area contributed by atoms with Gasteiger partial charge in [0, 0.05) is 28.1 Å². The summed E-state index contributed by atoms with van der Waals surface area (Å²) in [5.74, 6) is 0.0520. The van der Waals surface area contributed by atoms with E-state index in [-0.39, 0.29) is 23.5 Å². The lowest BCUT2D eigenvalue weighted by Gasteiger charge is -2.18. The zero-order valence-corrected chi connectivity index (χ0v) is 19.3. The summed E-state index contributed by atoms with van der Waals surface area (Å²) in [6, 6.07) is 16.5. The molecule has 7 nitrogen and oxygen atoms in total. The fourth-order valence-electron chi connectivity index (χ4n) is 4.06. The Balaban J connectivity index is 1.42. The molecule has 3 aromatic carbocycles. The molecule has 0 fully saturated rings. The van der Waals surface area contributed by atoms with Crippen molar-refractivity contribution < 1.29 is 28.2 Å². The number of hydrogen-bond donors (Lipinski definition) is 0. The molecular formula is C28H22O7. The molecule has 176 valence electrons. The minimum atomic E-state index is -0.670. The summed E-state index contributed by atoms with van der Waals surface area (Å²) in [5.41, 5.74) is 3.02. The standard InChI is InChI=1S/C28H22O7/c1-16-7-9-20-19(14-25(29)35-27(20)17(16)2)15-34-28(31)22-6-4-3-5-21(22)26(30)18-8-10-23-24(13-18)33-12-11-32-23/h3-10,13-14H,11-12,15H2,1-2H3. The molecule has 0 aliphatic carbocycles. The summed E-state index contributed by atoms with van der Waals surface area (Å²) in [7, 11) is 0. The van der Waals surface area contributed by atoms with Crippen molar-refractivity contribution in [2.24, 2.45) is 0 Å². The molecule has 1 aliphatic rings. The number of aryl methyl sites for hydroxylation is 2. The van der Waals surface area contributed by atoms with Crippen LogP contribution in [0.1, 0.15) is 43.0 Å². The van der Waals surface area contributed by atoms with E-state index >= 15 is 0 Å². The normalized spacial score (nSPS) is 12.4. The molecule has 35 heavy (non-hydrogen) atoms. The van der Waals surface area contributed by atoms with Gasteiger partial charge in [-0.25, -0.2) is 9.59 Å². The first kappa shape index (κ1) is 22.4. The van der Waals surface area contributed by atoms with E-state index in [1.165, 1.54) is 6.07 Å². The van der Waals surface area contributed by atoms with Crippen molar-refractivity contribution in [2.45, 2.75) is 20.5 Å². The molecule has 4 aromatic rings. The molecule has 0 bridgehead atoms. The van der Waals surface area contributed by atoms with E-state index in [4.69, 9.17) is 18.6 Å². The van der Waals surface area contributed by atoms with Gasteiger partial charge in [-0.2, -0.15) is 0 Å². The highest BCUT2D eigenvalue weighted by molar-refractivity contribution is 6.14. The Kier molecular flexibility index (Phi) is 5.82. The topological polar surface area (TPSA) is 92.0 Å². The van der Waals surface area contributed by atoms with E-state index in [0.29, 0.717) is 46.8 Å². The highest BCUT2D eigenvalue weighted by atomic mass is 16.6. The summed E-state index contributed by atoms with van der Waals surface area (Å²) in [4.78, 5) is 38.4. The van der Waals surface area contributed by atoms with Gasteiger partial charge in [-0.15, -0.1) is 0 Å². The van der Waals surface area contributed by atoms with Gasteiger partial charge in [0.2, 0.25) is 0 Å². The second-order valence-corrected chi connectivity index (χ2v) is 8.28. The third kappa shape index (κ3) is 4.28. The maximum Gasteiger partial charge on any atom is 0.339 e. The van der Waals surface area contributed by atoms with Crippen molar-refractivity contribution in [1.29, 1.82) is 0 Å². The first-order chi connectivity index (χ1) is 16.9. The van der Waals surface area contributed by atoms with Crippen molar-refractivity contribution >= 4 is 22.7 Å². The Hall–Kier alpha value is -4.39. The first-order valence-corrected chi connectivity index (χ1v) is 11.2. The average Bonchev–Trinajstić information content (AvgIpc) is 2.88. The molecule has 0 atom stereocenters. The third-order valence-electron chi connectivity index (χ3n) is 6.07. The van der Waals surface area contributed by atoms with Crippen LogP contribution < -0.4 is 15.1 Å². The predicted molar refractivity (Wildman–Crippen MR) is 128 cm³/mol. The number of ether oxygens (including phenoxy) is 3. The molecule has 0 radical (unpaired) electrons. The SMILES string of the molecule is Cc1ccc2c(COC(=O)c3ccccc3C(=O)c3ccc4c(c3)OCCO4)cc(=O)oc2c1C. The summed E-state index contributed by atoms with van der Waals surface area (Å²) in [6.45, 7) is 4.51. The number of ketones is 1. The fourth-order valence-corrected chi connectivity index (χ4v) is 4.06. The number of benzene rings is 3. The monoisotopic (exact) mass is 470 g/mol. The summed E-state index contributed by atoms with van der Waals surface area (Å²) >= 11 is 0. The molecule has 1 aromatic heterocycles. The van der Waals surface area contributed by atoms with E-state index in [0.717, 1.165) is 11.1 Å². The summed E-state index contributed by atoms with van der Waals surface area (Å²) in [5, 5.41) is 0.695. The quantitative estimate of drug-likeness (QED) is 0.236. The van der Waals surface area contributed by atoms with Gasteiger partial charge in [0.25, 0.3) is 0 Å². The Labute approximate surface area is 200 Å². The zero-order chi connectivity index (χ0) is 24.5. The van der Waals surface area contributed by atoms with Crippen LogP contribution in [0.3, 0.4) is 0 Å². The molecule has 0 amide bonds. The molecule has 7 heteroatoms. The van der Waals surface area contributed by atoms with Crippen LogP contribution in [0.25, 0.3) is 11.0 Å². The number of fused-ring (bicyclic) bond motifs is 2. The second-order valence-electron chi connectivity index (χ2n) is 8.28. The second kappa shape index (κ2) is 9.10. The van der Waals surface area contributed by atoms with Gasteiger partial charge in [-0.3, -0.25) is 4.79 Å². The Morgan fingerprint density at radius 1 is 0.886 bits per heavy atom. The van der Waals surface area contributed by atoms with Crippen molar-refractivity contribution in [3.8, 4) is 11.5 Å².